The zero-order valence-electron chi connectivity index (χ0n) is 16.2. The number of carbonyl (C=O) groups excluding carboxylic acids is 2. The third kappa shape index (κ3) is 4.46. The molecule has 0 spiro atoms. The van der Waals surface area contributed by atoms with Crippen LogP contribution in [0.2, 0.25) is 0 Å². The number of H-pyrrole nitrogens is 1. The number of aromatic amines is 1. The molecule has 3 rings (SSSR count). The molecule has 0 fully saturated rings. The molecule has 0 aliphatic heterocycles. The summed E-state index contributed by atoms with van der Waals surface area (Å²) in [6.07, 6.45) is 2.22. The summed E-state index contributed by atoms with van der Waals surface area (Å²) in [7, 11) is 1.48. The van der Waals surface area contributed by atoms with Crippen molar-refractivity contribution < 1.29 is 18.7 Å². The second-order valence-electron chi connectivity index (χ2n) is 6.32. The number of nitrogens with two attached hydrogens (primary N) is 1. The molecule has 2 heterocycles. The van der Waals surface area contributed by atoms with E-state index in [-0.39, 0.29) is 11.6 Å². The first-order chi connectivity index (χ1) is 14.0. The number of hydrogen-bond donors (Lipinski definition) is 4. The van der Waals surface area contributed by atoms with Crippen molar-refractivity contribution in [3.8, 4) is 17.2 Å². The highest BCUT2D eigenvalue weighted by atomic mass is 16.5. The summed E-state index contributed by atoms with van der Waals surface area (Å²) >= 11 is 0. The van der Waals surface area contributed by atoms with Crippen molar-refractivity contribution in [2.75, 3.05) is 25.5 Å². The molecule has 29 heavy (non-hydrogen) atoms. The van der Waals surface area contributed by atoms with Gasteiger partial charge < -0.3 is 25.5 Å². The van der Waals surface area contributed by atoms with Crippen LogP contribution in [-0.4, -0.2) is 42.2 Å². The number of methoxy groups -OCH3 is 1. The van der Waals surface area contributed by atoms with Crippen LogP contribution in [0.1, 0.15) is 32.8 Å². The monoisotopic (exact) mass is 397 g/mol. The van der Waals surface area contributed by atoms with Crippen LogP contribution in [0.15, 0.2) is 41.0 Å². The molecule has 0 bridgehead atoms. The molecule has 0 radical (unpaired) electrons. The van der Waals surface area contributed by atoms with Gasteiger partial charge in [-0.3, -0.25) is 14.7 Å². The normalized spacial score (nSPS) is 10.6. The summed E-state index contributed by atoms with van der Waals surface area (Å²) in [4.78, 5) is 25.1. The molecule has 0 saturated heterocycles. The Hall–Kier alpha value is -3.59. The Labute approximate surface area is 167 Å². The average Bonchev–Trinajstić information content (AvgIpc) is 3.37. The lowest BCUT2D eigenvalue weighted by molar-refractivity contribution is 0.0949. The van der Waals surface area contributed by atoms with Crippen LogP contribution >= 0.6 is 0 Å². The van der Waals surface area contributed by atoms with Crippen LogP contribution in [0.4, 0.5) is 5.69 Å². The van der Waals surface area contributed by atoms with E-state index in [2.05, 4.69) is 20.8 Å². The fourth-order valence-corrected chi connectivity index (χ4v) is 2.83. The first kappa shape index (κ1) is 20.2. The van der Waals surface area contributed by atoms with Gasteiger partial charge in [0.1, 0.15) is 11.4 Å². The van der Waals surface area contributed by atoms with Crippen LogP contribution in [-0.2, 0) is 0 Å². The molecular weight excluding hydrogens is 374 g/mol. The second-order valence-corrected chi connectivity index (χ2v) is 6.32. The predicted molar refractivity (Wildman–Crippen MR) is 108 cm³/mol. The molecule has 2 amide bonds. The minimum atomic E-state index is -0.406. The van der Waals surface area contributed by atoms with E-state index in [1.807, 2.05) is 0 Å². The van der Waals surface area contributed by atoms with Crippen molar-refractivity contribution in [3.63, 3.8) is 0 Å². The number of anilines is 1. The lowest BCUT2D eigenvalue weighted by Crippen LogP contribution is -2.26. The maximum absolute atomic E-state index is 12.7. The van der Waals surface area contributed by atoms with Crippen molar-refractivity contribution >= 4 is 17.5 Å². The molecule has 0 saturated carbocycles. The van der Waals surface area contributed by atoms with Crippen molar-refractivity contribution in [1.82, 2.24) is 15.5 Å². The Bertz CT molecular complexity index is 994. The highest BCUT2D eigenvalue weighted by Crippen LogP contribution is 2.26. The van der Waals surface area contributed by atoms with Crippen LogP contribution in [0, 0.1) is 6.92 Å². The maximum Gasteiger partial charge on any atom is 0.276 e. The van der Waals surface area contributed by atoms with Crippen LogP contribution < -0.4 is 21.1 Å². The van der Waals surface area contributed by atoms with Gasteiger partial charge in [-0.05, 0) is 50.2 Å². The molecule has 2 aromatic heterocycles. The van der Waals surface area contributed by atoms with Crippen LogP contribution in [0.25, 0.3) is 11.5 Å². The van der Waals surface area contributed by atoms with Gasteiger partial charge in [0.25, 0.3) is 11.8 Å². The second kappa shape index (κ2) is 9.07. The Morgan fingerprint density at radius 3 is 2.79 bits per heavy atom. The van der Waals surface area contributed by atoms with E-state index < -0.39 is 5.91 Å². The van der Waals surface area contributed by atoms with Crippen molar-refractivity contribution in [2.45, 2.75) is 13.3 Å². The largest absolute Gasteiger partial charge is 0.496 e. The van der Waals surface area contributed by atoms with Gasteiger partial charge in [-0.2, -0.15) is 5.10 Å². The molecule has 0 atom stereocenters. The van der Waals surface area contributed by atoms with Gasteiger partial charge in [-0.1, -0.05) is 0 Å². The van der Waals surface area contributed by atoms with Gasteiger partial charge in [-0.15, -0.1) is 0 Å². The molecule has 5 N–H and O–H groups in total. The number of hydrogen-bond acceptors (Lipinski definition) is 6. The lowest BCUT2D eigenvalue weighted by atomic mass is 10.1. The van der Waals surface area contributed by atoms with Gasteiger partial charge in [0.05, 0.1) is 18.9 Å². The minimum absolute atomic E-state index is 0.237. The Morgan fingerprint density at radius 2 is 2.10 bits per heavy atom. The van der Waals surface area contributed by atoms with Gasteiger partial charge in [0.2, 0.25) is 0 Å². The third-order valence-corrected chi connectivity index (χ3v) is 4.36. The number of benzene rings is 1. The van der Waals surface area contributed by atoms with E-state index in [0.29, 0.717) is 53.5 Å². The highest BCUT2D eigenvalue weighted by Gasteiger charge is 2.20. The average molecular weight is 397 g/mol. The van der Waals surface area contributed by atoms with E-state index in [1.165, 1.54) is 7.11 Å². The molecule has 0 unspecified atom stereocenters. The number of carbonyl (C=O) groups is 2. The highest BCUT2D eigenvalue weighted by molar-refractivity contribution is 6.06. The van der Waals surface area contributed by atoms with Crippen molar-refractivity contribution in [1.29, 1.82) is 0 Å². The number of nitrogens with zero attached hydrogens (tertiary/aromatic N) is 1. The molecular formula is C20H23N5O4. The number of amides is 2. The topological polar surface area (TPSA) is 135 Å². The standard InChI is InChI=1S/C20H23N5O4/c1-12-17(16-5-3-10-29-16)24-25-18(12)20(27)23-13-6-7-15(28-2)14(11-13)19(26)22-9-4-8-21/h3,5-7,10-11H,4,8-9,21H2,1-2H3,(H,22,26)(H,23,27)(H,24,25). The zero-order valence-corrected chi connectivity index (χ0v) is 16.2. The minimum Gasteiger partial charge on any atom is -0.496 e. The van der Waals surface area contributed by atoms with Gasteiger partial charge in [0, 0.05) is 17.8 Å². The molecule has 0 aliphatic carbocycles. The molecule has 3 aromatic rings. The number of furan rings is 1. The summed E-state index contributed by atoms with van der Waals surface area (Å²) < 4.78 is 10.6. The van der Waals surface area contributed by atoms with E-state index in [0.717, 1.165) is 0 Å². The zero-order chi connectivity index (χ0) is 20.8. The quantitative estimate of drug-likeness (QED) is 0.431. The van der Waals surface area contributed by atoms with Gasteiger partial charge in [0.15, 0.2) is 11.5 Å². The van der Waals surface area contributed by atoms with Crippen molar-refractivity contribution in [2.24, 2.45) is 5.73 Å². The SMILES string of the molecule is COc1ccc(NC(=O)c2n[nH]c(-c3ccco3)c2C)cc1C(=O)NCCCN. The first-order valence-corrected chi connectivity index (χ1v) is 9.11. The summed E-state index contributed by atoms with van der Waals surface area (Å²) in [5, 5.41) is 12.5. The molecule has 9 heteroatoms. The number of nitrogens with one attached hydrogen (secondary N) is 3. The smallest absolute Gasteiger partial charge is 0.276 e. The Morgan fingerprint density at radius 1 is 1.28 bits per heavy atom. The van der Waals surface area contributed by atoms with E-state index in [4.69, 9.17) is 14.9 Å². The number of rotatable bonds is 8. The maximum atomic E-state index is 12.7. The summed E-state index contributed by atoms with van der Waals surface area (Å²) in [5.74, 6) is 0.290. The molecule has 9 nitrogen and oxygen atoms in total. The number of ether oxygens (including phenoxy) is 1. The van der Waals surface area contributed by atoms with E-state index >= 15 is 0 Å². The summed E-state index contributed by atoms with van der Waals surface area (Å²) in [6, 6.07) is 8.37. The summed E-state index contributed by atoms with van der Waals surface area (Å²) in [5.41, 5.74) is 7.74. The van der Waals surface area contributed by atoms with Gasteiger partial charge >= 0.3 is 0 Å². The van der Waals surface area contributed by atoms with Crippen LogP contribution in [0.5, 0.6) is 5.75 Å². The fourth-order valence-electron chi connectivity index (χ4n) is 2.83. The van der Waals surface area contributed by atoms with Crippen LogP contribution in [0.3, 0.4) is 0 Å². The molecule has 1 aromatic carbocycles. The summed E-state index contributed by atoms with van der Waals surface area (Å²) in [6.45, 7) is 2.72. The number of aromatic nitrogens is 2. The van der Waals surface area contributed by atoms with E-state index in [9.17, 15) is 9.59 Å². The third-order valence-electron chi connectivity index (χ3n) is 4.36. The fraction of sp³-hybridized carbons (Fsp3) is 0.250. The molecule has 152 valence electrons. The lowest BCUT2D eigenvalue weighted by Gasteiger charge is -2.12. The Kier molecular flexibility index (Phi) is 6.30. The predicted octanol–water partition coefficient (Wildman–Crippen LogP) is 2.32. The molecule has 0 aliphatic rings. The first-order valence-electron chi connectivity index (χ1n) is 9.11. The Balaban J connectivity index is 1.79. The van der Waals surface area contributed by atoms with E-state index in [1.54, 1.807) is 43.5 Å². The van der Waals surface area contributed by atoms with Crippen molar-refractivity contribution in [3.05, 3.63) is 53.4 Å². The van der Waals surface area contributed by atoms with Gasteiger partial charge in [-0.25, -0.2) is 0 Å².